The Bertz CT molecular complexity index is 298. The summed E-state index contributed by atoms with van der Waals surface area (Å²) >= 11 is 0. The van der Waals surface area contributed by atoms with E-state index in [9.17, 15) is 5.11 Å². The maximum atomic E-state index is 9.67. The molecule has 84 valence electrons. The standard InChI is InChI=1S/C13H20O2/c1-10(8-9-14)6-7-12-4-3-5-13(15)11(12)2/h6-8,13-15H,3-5,9H2,1-2H3/b7-6+,10-8-. The smallest absolute Gasteiger partial charge is 0.0753 e. The molecule has 2 heteroatoms. The lowest BCUT2D eigenvalue weighted by Crippen LogP contribution is -2.14. The fourth-order valence-electron chi connectivity index (χ4n) is 1.77. The third kappa shape index (κ3) is 3.65. The summed E-state index contributed by atoms with van der Waals surface area (Å²) in [6, 6.07) is 0. The van der Waals surface area contributed by atoms with Crippen LogP contribution in [0.1, 0.15) is 33.1 Å². The van der Waals surface area contributed by atoms with Crippen molar-refractivity contribution >= 4 is 0 Å². The van der Waals surface area contributed by atoms with E-state index in [4.69, 9.17) is 5.11 Å². The molecule has 0 saturated heterocycles. The molecule has 0 spiro atoms. The number of hydrogen-bond donors (Lipinski definition) is 2. The van der Waals surface area contributed by atoms with E-state index in [0.29, 0.717) is 0 Å². The molecule has 0 aromatic rings. The van der Waals surface area contributed by atoms with E-state index in [1.807, 2.05) is 19.9 Å². The zero-order valence-electron chi connectivity index (χ0n) is 9.53. The maximum absolute atomic E-state index is 9.67. The average Bonchev–Trinajstić information content (AvgIpc) is 2.21. The molecule has 1 aliphatic rings. The maximum Gasteiger partial charge on any atom is 0.0753 e. The fourth-order valence-corrected chi connectivity index (χ4v) is 1.77. The first-order valence-electron chi connectivity index (χ1n) is 5.48. The largest absolute Gasteiger partial charge is 0.392 e. The average molecular weight is 208 g/mol. The lowest BCUT2D eigenvalue weighted by molar-refractivity contribution is 0.189. The van der Waals surface area contributed by atoms with Crippen LogP contribution in [0.15, 0.2) is 34.9 Å². The summed E-state index contributed by atoms with van der Waals surface area (Å²) in [7, 11) is 0. The van der Waals surface area contributed by atoms with Crippen LogP contribution in [-0.4, -0.2) is 22.9 Å². The quantitative estimate of drug-likeness (QED) is 0.699. The van der Waals surface area contributed by atoms with Gasteiger partial charge in [-0.1, -0.05) is 23.8 Å². The Kier molecular flexibility index (Phi) is 4.79. The first-order valence-corrected chi connectivity index (χ1v) is 5.48. The van der Waals surface area contributed by atoms with Crippen LogP contribution in [0.4, 0.5) is 0 Å². The molecule has 0 radical (unpaired) electrons. The Balaban J connectivity index is 2.72. The minimum absolute atomic E-state index is 0.0802. The predicted octanol–water partition coefficient (Wildman–Crippen LogP) is 2.34. The predicted molar refractivity (Wildman–Crippen MR) is 62.5 cm³/mol. The number of hydrogen-bond acceptors (Lipinski definition) is 2. The molecule has 1 atom stereocenters. The van der Waals surface area contributed by atoms with Crippen molar-refractivity contribution in [1.29, 1.82) is 0 Å². The molecule has 0 aromatic heterocycles. The number of aliphatic hydroxyl groups is 2. The first kappa shape index (κ1) is 12.2. The third-order valence-electron chi connectivity index (χ3n) is 2.89. The van der Waals surface area contributed by atoms with Gasteiger partial charge in [-0.3, -0.25) is 0 Å². The van der Waals surface area contributed by atoms with Crippen molar-refractivity contribution in [2.75, 3.05) is 6.61 Å². The van der Waals surface area contributed by atoms with Crippen molar-refractivity contribution < 1.29 is 10.2 Å². The topological polar surface area (TPSA) is 40.5 Å². The van der Waals surface area contributed by atoms with Gasteiger partial charge in [0.2, 0.25) is 0 Å². The molecule has 0 heterocycles. The van der Waals surface area contributed by atoms with E-state index in [1.54, 1.807) is 6.08 Å². The van der Waals surface area contributed by atoms with Crippen LogP contribution >= 0.6 is 0 Å². The third-order valence-corrected chi connectivity index (χ3v) is 2.89. The SMILES string of the molecule is CC1=C(/C=C/C(C)=C\CO)CCCC1O. The summed E-state index contributed by atoms with van der Waals surface area (Å²) in [5.74, 6) is 0. The molecule has 0 saturated carbocycles. The van der Waals surface area contributed by atoms with Gasteiger partial charge < -0.3 is 10.2 Å². The van der Waals surface area contributed by atoms with Crippen molar-refractivity contribution in [3.8, 4) is 0 Å². The Morgan fingerprint density at radius 1 is 1.53 bits per heavy atom. The number of allylic oxidation sites excluding steroid dienone is 4. The molecule has 0 fully saturated rings. The van der Waals surface area contributed by atoms with Gasteiger partial charge in [0.1, 0.15) is 0 Å². The Morgan fingerprint density at radius 3 is 2.93 bits per heavy atom. The van der Waals surface area contributed by atoms with Gasteiger partial charge in [-0.25, -0.2) is 0 Å². The molecule has 0 bridgehead atoms. The highest BCUT2D eigenvalue weighted by Crippen LogP contribution is 2.25. The van der Waals surface area contributed by atoms with Crippen LogP contribution < -0.4 is 0 Å². The number of aliphatic hydroxyl groups excluding tert-OH is 2. The lowest BCUT2D eigenvalue weighted by Gasteiger charge is -2.20. The van der Waals surface area contributed by atoms with Gasteiger partial charge in [0.25, 0.3) is 0 Å². The van der Waals surface area contributed by atoms with Crippen LogP contribution in [0.2, 0.25) is 0 Å². The van der Waals surface area contributed by atoms with E-state index in [-0.39, 0.29) is 12.7 Å². The molecular weight excluding hydrogens is 188 g/mol. The molecule has 2 N–H and O–H groups in total. The molecule has 0 amide bonds. The van der Waals surface area contributed by atoms with E-state index in [0.717, 1.165) is 30.4 Å². The Labute approximate surface area is 91.6 Å². The normalized spacial score (nSPS) is 24.0. The summed E-state index contributed by atoms with van der Waals surface area (Å²) < 4.78 is 0. The highest BCUT2D eigenvalue weighted by Gasteiger charge is 2.15. The molecule has 0 aromatic carbocycles. The van der Waals surface area contributed by atoms with Crippen LogP contribution in [0.5, 0.6) is 0 Å². The summed E-state index contributed by atoms with van der Waals surface area (Å²) in [5, 5.41) is 18.4. The van der Waals surface area contributed by atoms with Gasteiger partial charge in [0.15, 0.2) is 0 Å². The molecule has 15 heavy (non-hydrogen) atoms. The zero-order chi connectivity index (χ0) is 11.3. The minimum Gasteiger partial charge on any atom is -0.392 e. The van der Waals surface area contributed by atoms with Gasteiger partial charge in [0, 0.05) is 0 Å². The molecule has 2 nitrogen and oxygen atoms in total. The minimum atomic E-state index is -0.263. The fraction of sp³-hybridized carbons (Fsp3) is 0.538. The highest BCUT2D eigenvalue weighted by molar-refractivity contribution is 5.33. The highest BCUT2D eigenvalue weighted by atomic mass is 16.3. The first-order chi connectivity index (χ1) is 7.15. The second-order valence-corrected chi connectivity index (χ2v) is 4.08. The molecule has 0 aliphatic heterocycles. The molecule has 1 unspecified atom stereocenters. The monoisotopic (exact) mass is 208 g/mol. The van der Waals surface area contributed by atoms with Crippen molar-refractivity contribution in [1.82, 2.24) is 0 Å². The van der Waals surface area contributed by atoms with Gasteiger partial charge in [-0.15, -0.1) is 0 Å². The van der Waals surface area contributed by atoms with E-state index in [2.05, 4.69) is 6.08 Å². The van der Waals surface area contributed by atoms with Gasteiger partial charge in [-0.2, -0.15) is 0 Å². The van der Waals surface area contributed by atoms with Crippen molar-refractivity contribution in [2.24, 2.45) is 0 Å². The van der Waals surface area contributed by atoms with Gasteiger partial charge in [0.05, 0.1) is 12.7 Å². The van der Waals surface area contributed by atoms with Gasteiger partial charge in [-0.05, 0) is 44.3 Å². The van der Waals surface area contributed by atoms with E-state index < -0.39 is 0 Å². The second kappa shape index (κ2) is 5.89. The van der Waals surface area contributed by atoms with Crippen LogP contribution in [0, 0.1) is 0 Å². The van der Waals surface area contributed by atoms with Crippen LogP contribution in [-0.2, 0) is 0 Å². The lowest BCUT2D eigenvalue weighted by atomic mass is 9.90. The zero-order valence-corrected chi connectivity index (χ0v) is 9.53. The second-order valence-electron chi connectivity index (χ2n) is 4.08. The summed E-state index contributed by atoms with van der Waals surface area (Å²) in [6.45, 7) is 4.04. The number of rotatable bonds is 3. The van der Waals surface area contributed by atoms with Crippen LogP contribution in [0.3, 0.4) is 0 Å². The molecule has 1 aliphatic carbocycles. The van der Waals surface area contributed by atoms with Crippen molar-refractivity contribution in [3.05, 3.63) is 34.9 Å². The van der Waals surface area contributed by atoms with Crippen LogP contribution in [0.25, 0.3) is 0 Å². The Morgan fingerprint density at radius 2 is 2.27 bits per heavy atom. The van der Waals surface area contributed by atoms with Crippen molar-refractivity contribution in [3.63, 3.8) is 0 Å². The summed E-state index contributed by atoms with van der Waals surface area (Å²) in [6.07, 6.45) is 8.54. The van der Waals surface area contributed by atoms with Crippen molar-refractivity contribution in [2.45, 2.75) is 39.2 Å². The summed E-state index contributed by atoms with van der Waals surface area (Å²) in [4.78, 5) is 0. The van der Waals surface area contributed by atoms with Gasteiger partial charge >= 0.3 is 0 Å². The molecule has 1 rings (SSSR count). The van der Waals surface area contributed by atoms with E-state index in [1.165, 1.54) is 5.57 Å². The summed E-state index contributed by atoms with van der Waals surface area (Å²) in [5.41, 5.74) is 3.38. The van der Waals surface area contributed by atoms with E-state index >= 15 is 0 Å². The Hall–Kier alpha value is -0.860. The molecular formula is C13H20O2.